The molecule has 0 amide bonds. The van der Waals surface area contributed by atoms with Gasteiger partial charge in [-0.15, -0.1) is 0 Å². The molecule has 0 fully saturated rings. The molecule has 1 rings (SSSR count). The Labute approximate surface area is 87.7 Å². The molecule has 1 aromatic carbocycles. The van der Waals surface area contributed by atoms with Gasteiger partial charge in [-0.1, -0.05) is 55.3 Å². The Morgan fingerprint density at radius 3 is 2.57 bits per heavy atom. The van der Waals surface area contributed by atoms with Gasteiger partial charge in [-0.2, -0.15) is 0 Å². The van der Waals surface area contributed by atoms with Crippen LogP contribution in [0, 0.1) is 0 Å². The SMILES string of the molecule is CCC/C(C)=C/CCc1ccccc1. The largest absolute Gasteiger partial charge is 0.0853 e. The highest BCUT2D eigenvalue weighted by molar-refractivity contribution is 5.15. The maximum absolute atomic E-state index is 2.37. The summed E-state index contributed by atoms with van der Waals surface area (Å²) in [5.41, 5.74) is 2.97. The Kier molecular flexibility index (Phi) is 5.06. The lowest BCUT2D eigenvalue weighted by Crippen LogP contribution is -1.83. The van der Waals surface area contributed by atoms with E-state index in [1.165, 1.54) is 36.8 Å². The van der Waals surface area contributed by atoms with Gasteiger partial charge in [0.15, 0.2) is 0 Å². The van der Waals surface area contributed by atoms with Crippen LogP contribution in [0.4, 0.5) is 0 Å². The number of aryl methyl sites for hydroxylation is 1. The maximum atomic E-state index is 2.37. The van der Waals surface area contributed by atoms with Crippen molar-refractivity contribution in [2.24, 2.45) is 0 Å². The van der Waals surface area contributed by atoms with E-state index in [-0.39, 0.29) is 0 Å². The summed E-state index contributed by atoms with van der Waals surface area (Å²) in [6.45, 7) is 4.46. The van der Waals surface area contributed by atoms with Gasteiger partial charge in [-0.05, 0) is 31.7 Å². The van der Waals surface area contributed by atoms with E-state index < -0.39 is 0 Å². The summed E-state index contributed by atoms with van der Waals surface area (Å²) in [4.78, 5) is 0. The second kappa shape index (κ2) is 6.42. The van der Waals surface area contributed by atoms with Gasteiger partial charge >= 0.3 is 0 Å². The summed E-state index contributed by atoms with van der Waals surface area (Å²) < 4.78 is 0. The molecule has 0 aliphatic carbocycles. The van der Waals surface area contributed by atoms with Crippen LogP contribution in [0.25, 0.3) is 0 Å². The number of allylic oxidation sites excluding steroid dienone is 2. The molecule has 0 saturated carbocycles. The van der Waals surface area contributed by atoms with E-state index in [0.29, 0.717) is 0 Å². The highest BCUT2D eigenvalue weighted by Crippen LogP contribution is 2.07. The Morgan fingerprint density at radius 1 is 1.21 bits per heavy atom. The molecule has 0 aliphatic rings. The molecule has 0 nitrogen and oxygen atoms in total. The lowest BCUT2D eigenvalue weighted by atomic mass is 10.1. The Bertz CT molecular complexity index is 269. The molecule has 0 heterocycles. The standard InChI is InChI=1S/C14H20/c1-3-8-13(2)9-7-12-14-10-5-4-6-11-14/h4-6,9-11H,3,7-8,12H2,1-2H3/b13-9+. The highest BCUT2D eigenvalue weighted by atomic mass is 14.0. The summed E-state index contributed by atoms with van der Waals surface area (Å²) in [6, 6.07) is 10.7. The zero-order chi connectivity index (χ0) is 10.2. The molecule has 0 unspecified atom stereocenters. The minimum atomic E-state index is 1.17. The van der Waals surface area contributed by atoms with Crippen LogP contribution in [0.5, 0.6) is 0 Å². The van der Waals surface area contributed by atoms with Crippen molar-refractivity contribution in [2.45, 2.75) is 39.5 Å². The van der Waals surface area contributed by atoms with Gasteiger partial charge in [0.2, 0.25) is 0 Å². The van der Waals surface area contributed by atoms with Gasteiger partial charge < -0.3 is 0 Å². The van der Waals surface area contributed by atoms with Crippen molar-refractivity contribution in [3.63, 3.8) is 0 Å². The van der Waals surface area contributed by atoms with Crippen molar-refractivity contribution in [2.75, 3.05) is 0 Å². The third kappa shape index (κ3) is 4.27. The van der Waals surface area contributed by atoms with E-state index in [4.69, 9.17) is 0 Å². The summed E-state index contributed by atoms with van der Waals surface area (Å²) >= 11 is 0. The fourth-order valence-corrected chi connectivity index (χ4v) is 1.63. The van der Waals surface area contributed by atoms with E-state index in [1.54, 1.807) is 0 Å². The average molecular weight is 188 g/mol. The first kappa shape index (κ1) is 11.0. The van der Waals surface area contributed by atoms with E-state index in [0.717, 1.165) is 0 Å². The van der Waals surface area contributed by atoms with Crippen molar-refractivity contribution in [3.8, 4) is 0 Å². The second-order valence-corrected chi connectivity index (χ2v) is 3.82. The molecular formula is C14H20. The van der Waals surface area contributed by atoms with Crippen LogP contribution in [0.2, 0.25) is 0 Å². The topological polar surface area (TPSA) is 0 Å². The zero-order valence-electron chi connectivity index (χ0n) is 9.29. The minimum Gasteiger partial charge on any atom is -0.0853 e. The van der Waals surface area contributed by atoms with Crippen molar-refractivity contribution in [1.29, 1.82) is 0 Å². The normalized spacial score (nSPS) is 11.7. The first-order chi connectivity index (χ1) is 6.83. The molecule has 0 atom stereocenters. The quantitative estimate of drug-likeness (QED) is 0.602. The Hall–Kier alpha value is -1.04. The predicted octanol–water partition coefficient (Wildman–Crippen LogP) is 4.37. The van der Waals surface area contributed by atoms with Crippen LogP contribution < -0.4 is 0 Å². The zero-order valence-corrected chi connectivity index (χ0v) is 9.29. The molecule has 14 heavy (non-hydrogen) atoms. The van der Waals surface area contributed by atoms with E-state index in [9.17, 15) is 0 Å². The third-order valence-electron chi connectivity index (χ3n) is 2.41. The van der Waals surface area contributed by atoms with Crippen molar-refractivity contribution >= 4 is 0 Å². The molecule has 0 radical (unpaired) electrons. The summed E-state index contributed by atoms with van der Waals surface area (Å²) in [5, 5.41) is 0. The third-order valence-corrected chi connectivity index (χ3v) is 2.41. The summed E-state index contributed by atoms with van der Waals surface area (Å²) in [5.74, 6) is 0. The first-order valence-corrected chi connectivity index (χ1v) is 5.52. The Balaban J connectivity index is 2.31. The van der Waals surface area contributed by atoms with Gasteiger partial charge in [-0.25, -0.2) is 0 Å². The molecule has 0 aliphatic heterocycles. The minimum absolute atomic E-state index is 1.17. The van der Waals surface area contributed by atoms with Crippen molar-refractivity contribution < 1.29 is 0 Å². The molecule has 0 heteroatoms. The highest BCUT2D eigenvalue weighted by Gasteiger charge is 1.90. The van der Waals surface area contributed by atoms with E-state index in [1.807, 2.05) is 0 Å². The molecule has 0 N–H and O–H groups in total. The molecular weight excluding hydrogens is 168 g/mol. The van der Waals surface area contributed by atoms with Crippen LogP contribution in [0.15, 0.2) is 42.0 Å². The molecule has 76 valence electrons. The van der Waals surface area contributed by atoms with E-state index in [2.05, 4.69) is 50.3 Å². The lowest BCUT2D eigenvalue weighted by Gasteiger charge is -1.99. The van der Waals surface area contributed by atoms with Crippen LogP contribution in [0.3, 0.4) is 0 Å². The maximum Gasteiger partial charge on any atom is -0.0244 e. The fourth-order valence-electron chi connectivity index (χ4n) is 1.63. The predicted molar refractivity (Wildman–Crippen MR) is 63.4 cm³/mol. The van der Waals surface area contributed by atoms with Crippen molar-refractivity contribution in [1.82, 2.24) is 0 Å². The molecule has 1 aromatic rings. The van der Waals surface area contributed by atoms with Crippen LogP contribution in [-0.2, 0) is 6.42 Å². The average Bonchev–Trinajstić information content (AvgIpc) is 2.20. The molecule has 0 spiro atoms. The van der Waals surface area contributed by atoms with Crippen LogP contribution >= 0.6 is 0 Å². The number of benzene rings is 1. The Morgan fingerprint density at radius 2 is 1.93 bits per heavy atom. The van der Waals surface area contributed by atoms with Gasteiger partial charge in [0, 0.05) is 0 Å². The van der Waals surface area contributed by atoms with E-state index >= 15 is 0 Å². The molecule has 0 saturated heterocycles. The molecule has 0 bridgehead atoms. The first-order valence-electron chi connectivity index (χ1n) is 5.52. The van der Waals surface area contributed by atoms with Crippen LogP contribution in [0.1, 0.15) is 38.7 Å². The van der Waals surface area contributed by atoms with Gasteiger partial charge in [0.1, 0.15) is 0 Å². The monoisotopic (exact) mass is 188 g/mol. The summed E-state index contributed by atoms with van der Waals surface area (Å²) in [6.07, 6.45) is 7.22. The number of hydrogen-bond donors (Lipinski definition) is 0. The van der Waals surface area contributed by atoms with Gasteiger partial charge in [0.05, 0.1) is 0 Å². The van der Waals surface area contributed by atoms with Gasteiger partial charge in [-0.3, -0.25) is 0 Å². The molecule has 0 aromatic heterocycles. The smallest absolute Gasteiger partial charge is 0.0244 e. The van der Waals surface area contributed by atoms with Gasteiger partial charge in [0.25, 0.3) is 0 Å². The summed E-state index contributed by atoms with van der Waals surface area (Å²) in [7, 11) is 0. The lowest BCUT2D eigenvalue weighted by molar-refractivity contribution is 0.884. The van der Waals surface area contributed by atoms with Crippen molar-refractivity contribution in [3.05, 3.63) is 47.5 Å². The van der Waals surface area contributed by atoms with Crippen LogP contribution in [-0.4, -0.2) is 0 Å². The number of hydrogen-bond acceptors (Lipinski definition) is 0. The fraction of sp³-hybridized carbons (Fsp3) is 0.429. The number of rotatable bonds is 5. The second-order valence-electron chi connectivity index (χ2n) is 3.82.